The van der Waals surface area contributed by atoms with Crippen LogP contribution < -0.4 is 0 Å². The normalized spacial score (nSPS) is 27.1. The first-order chi connectivity index (χ1) is 11.2. The Hall–Kier alpha value is -2.37. The quantitative estimate of drug-likeness (QED) is 0.922. The molecule has 1 aliphatic heterocycles. The van der Waals surface area contributed by atoms with Crippen LogP contribution in [0.15, 0.2) is 30.6 Å². The Morgan fingerprint density at radius 2 is 2.04 bits per heavy atom. The molecular weight excluding hydrogens is 294 g/mol. The van der Waals surface area contributed by atoms with E-state index >= 15 is 0 Å². The third kappa shape index (κ3) is 2.20. The Morgan fingerprint density at radius 1 is 1.22 bits per heavy atom. The van der Waals surface area contributed by atoms with Gasteiger partial charge in [0.25, 0.3) is 5.91 Å². The largest absolute Gasteiger partial charge is 0.480 e. The summed E-state index contributed by atoms with van der Waals surface area (Å²) >= 11 is 0. The summed E-state index contributed by atoms with van der Waals surface area (Å²) in [5, 5.41) is 13.8. The number of amides is 1. The number of carbonyl (C=O) groups is 2. The maximum Gasteiger partial charge on any atom is 0.326 e. The Morgan fingerprint density at radius 3 is 2.87 bits per heavy atom. The number of pyridine rings is 1. The van der Waals surface area contributed by atoms with Crippen molar-refractivity contribution < 1.29 is 14.7 Å². The van der Waals surface area contributed by atoms with E-state index in [4.69, 9.17) is 0 Å². The standard InChI is InChI=1S/C17H19N3O3/c21-16(12-10-18-19-8-4-3-7-14(12)19)20-13-6-2-1-5-11(13)9-15(20)17(22)23/h3-4,7-8,10-11,13,15H,1-2,5-6,9H2,(H,22,23)/t11-,13+,15-/m0/s1. The lowest BCUT2D eigenvalue weighted by molar-refractivity contribution is -0.141. The van der Waals surface area contributed by atoms with Crippen LogP contribution in [0.1, 0.15) is 42.5 Å². The molecule has 2 aromatic rings. The smallest absolute Gasteiger partial charge is 0.326 e. The van der Waals surface area contributed by atoms with E-state index in [0.717, 1.165) is 31.2 Å². The first-order valence-electron chi connectivity index (χ1n) is 8.14. The molecule has 0 spiro atoms. The van der Waals surface area contributed by atoms with Crippen LogP contribution in [0.4, 0.5) is 0 Å². The zero-order valence-electron chi connectivity index (χ0n) is 12.8. The van der Waals surface area contributed by atoms with Crippen molar-refractivity contribution in [1.29, 1.82) is 0 Å². The topological polar surface area (TPSA) is 74.9 Å². The van der Waals surface area contributed by atoms with Gasteiger partial charge in [0.1, 0.15) is 6.04 Å². The van der Waals surface area contributed by atoms with Crippen LogP contribution in [-0.4, -0.2) is 43.6 Å². The van der Waals surface area contributed by atoms with Gasteiger partial charge in [-0.15, -0.1) is 0 Å². The molecule has 1 N–H and O–H groups in total. The average Bonchev–Trinajstić information content (AvgIpc) is 3.16. The highest BCUT2D eigenvalue weighted by molar-refractivity contribution is 6.02. The molecule has 2 fully saturated rings. The third-order valence-electron chi connectivity index (χ3n) is 5.26. The summed E-state index contributed by atoms with van der Waals surface area (Å²) < 4.78 is 1.65. The van der Waals surface area contributed by atoms with E-state index in [2.05, 4.69) is 5.10 Å². The van der Waals surface area contributed by atoms with Crippen LogP contribution in [0.5, 0.6) is 0 Å². The highest BCUT2D eigenvalue weighted by Gasteiger charge is 2.48. The number of rotatable bonds is 2. The Kier molecular flexibility index (Phi) is 3.32. The average molecular weight is 313 g/mol. The van der Waals surface area contributed by atoms with Crippen LogP contribution in [0.3, 0.4) is 0 Å². The summed E-state index contributed by atoms with van der Waals surface area (Å²) in [6, 6.07) is 4.88. The minimum absolute atomic E-state index is 0.0519. The molecule has 1 aliphatic carbocycles. The predicted octanol–water partition coefficient (Wildman–Crippen LogP) is 2.19. The van der Waals surface area contributed by atoms with Crippen molar-refractivity contribution in [2.24, 2.45) is 5.92 Å². The summed E-state index contributed by atoms with van der Waals surface area (Å²) in [5.74, 6) is -0.784. The number of nitrogens with zero attached hydrogens (tertiary/aromatic N) is 3. The molecule has 1 saturated heterocycles. The molecule has 0 bridgehead atoms. The van der Waals surface area contributed by atoms with Gasteiger partial charge in [0.2, 0.25) is 0 Å². The molecule has 2 aromatic heterocycles. The van der Waals surface area contributed by atoms with E-state index in [1.807, 2.05) is 18.2 Å². The minimum Gasteiger partial charge on any atom is -0.480 e. The van der Waals surface area contributed by atoms with E-state index in [9.17, 15) is 14.7 Å². The second-order valence-electron chi connectivity index (χ2n) is 6.50. The van der Waals surface area contributed by atoms with Crippen LogP contribution in [0.2, 0.25) is 0 Å². The zero-order chi connectivity index (χ0) is 16.0. The number of fused-ring (bicyclic) bond motifs is 2. The van der Waals surface area contributed by atoms with Crippen molar-refractivity contribution in [1.82, 2.24) is 14.5 Å². The summed E-state index contributed by atoms with van der Waals surface area (Å²) in [6.07, 6.45) is 8.02. The molecule has 1 saturated carbocycles. The van der Waals surface area contributed by atoms with Crippen molar-refractivity contribution in [2.45, 2.75) is 44.2 Å². The number of aromatic nitrogens is 2. The maximum atomic E-state index is 13.1. The van der Waals surface area contributed by atoms with Crippen molar-refractivity contribution >= 4 is 17.4 Å². The Labute approximate surface area is 133 Å². The van der Waals surface area contributed by atoms with Crippen LogP contribution in [-0.2, 0) is 4.79 Å². The summed E-state index contributed by atoms with van der Waals surface area (Å²) in [7, 11) is 0. The van der Waals surface area contributed by atoms with Gasteiger partial charge in [-0.1, -0.05) is 18.9 Å². The lowest BCUT2D eigenvalue weighted by Gasteiger charge is -2.32. The van der Waals surface area contributed by atoms with Crippen molar-refractivity contribution in [3.05, 3.63) is 36.2 Å². The van der Waals surface area contributed by atoms with Gasteiger partial charge < -0.3 is 10.0 Å². The monoisotopic (exact) mass is 313 g/mol. The Balaban J connectivity index is 1.74. The summed E-state index contributed by atoms with van der Waals surface area (Å²) in [4.78, 5) is 26.4. The Bertz CT molecular complexity index is 769. The molecule has 3 heterocycles. The van der Waals surface area contributed by atoms with Crippen molar-refractivity contribution in [3.8, 4) is 0 Å². The van der Waals surface area contributed by atoms with Crippen molar-refractivity contribution in [3.63, 3.8) is 0 Å². The van der Waals surface area contributed by atoms with Crippen LogP contribution in [0, 0.1) is 5.92 Å². The number of hydrogen-bond donors (Lipinski definition) is 1. The molecule has 23 heavy (non-hydrogen) atoms. The van der Waals surface area contributed by atoms with Crippen LogP contribution >= 0.6 is 0 Å². The summed E-state index contributed by atoms with van der Waals surface area (Å²) in [5.41, 5.74) is 1.21. The summed E-state index contributed by atoms with van der Waals surface area (Å²) in [6.45, 7) is 0. The zero-order valence-corrected chi connectivity index (χ0v) is 12.8. The fourth-order valence-corrected chi connectivity index (χ4v) is 4.21. The van der Waals surface area contributed by atoms with E-state index in [1.54, 1.807) is 21.8 Å². The lowest BCUT2D eigenvalue weighted by atomic mass is 9.84. The van der Waals surface area contributed by atoms with Gasteiger partial charge in [0.15, 0.2) is 0 Å². The van der Waals surface area contributed by atoms with Gasteiger partial charge in [-0.3, -0.25) is 4.79 Å². The maximum absolute atomic E-state index is 13.1. The van der Waals surface area contributed by atoms with E-state index in [1.165, 1.54) is 0 Å². The minimum atomic E-state index is -0.899. The number of aliphatic carboxylic acids is 1. The fraction of sp³-hybridized carbons (Fsp3) is 0.471. The molecule has 4 rings (SSSR count). The number of carboxylic acids is 1. The van der Waals surface area contributed by atoms with Gasteiger partial charge >= 0.3 is 5.97 Å². The first-order valence-corrected chi connectivity index (χ1v) is 8.14. The number of carbonyl (C=O) groups excluding carboxylic acids is 1. The van der Waals surface area contributed by atoms with E-state index < -0.39 is 12.0 Å². The number of carboxylic acid groups (broad SMARTS) is 1. The van der Waals surface area contributed by atoms with Gasteiger partial charge in [0.05, 0.1) is 17.3 Å². The molecule has 1 amide bonds. The molecule has 6 heteroatoms. The van der Waals surface area contributed by atoms with Gasteiger partial charge in [-0.25, -0.2) is 9.31 Å². The first kappa shape index (κ1) is 14.2. The molecule has 6 nitrogen and oxygen atoms in total. The molecule has 3 atom stereocenters. The second kappa shape index (κ2) is 5.37. The third-order valence-corrected chi connectivity index (χ3v) is 5.26. The number of likely N-dealkylation sites (tertiary alicyclic amines) is 1. The molecule has 0 aromatic carbocycles. The van der Waals surface area contributed by atoms with E-state index in [0.29, 0.717) is 17.9 Å². The van der Waals surface area contributed by atoms with Gasteiger partial charge in [-0.05, 0) is 37.3 Å². The number of hydrogen-bond acceptors (Lipinski definition) is 3. The molecule has 2 aliphatic rings. The van der Waals surface area contributed by atoms with Crippen molar-refractivity contribution in [2.75, 3.05) is 0 Å². The molecular formula is C17H19N3O3. The van der Waals surface area contributed by atoms with Crippen LogP contribution in [0.25, 0.3) is 5.52 Å². The lowest BCUT2D eigenvalue weighted by Crippen LogP contribution is -2.46. The molecule has 120 valence electrons. The van der Waals surface area contributed by atoms with Gasteiger partial charge in [0, 0.05) is 12.2 Å². The van der Waals surface area contributed by atoms with Gasteiger partial charge in [-0.2, -0.15) is 5.10 Å². The fourth-order valence-electron chi connectivity index (χ4n) is 4.21. The predicted molar refractivity (Wildman–Crippen MR) is 83.1 cm³/mol. The second-order valence-corrected chi connectivity index (χ2v) is 6.50. The highest BCUT2D eigenvalue weighted by atomic mass is 16.4. The molecule has 0 unspecified atom stereocenters. The highest BCUT2D eigenvalue weighted by Crippen LogP contribution is 2.40. The SMILES string of the molecule is O=C(O)[C@@H]1C[C@@H]2CCCC[C@H]2N1C(=O)c1cnn2ccccc12. The molecule has 0 radical (unpaired) electrons. The van der Waals surface area contributed by atoms with E-state index in [-0.39, 0.29) is 11.9 Å².